The summed E-state index contributed by atoms with van der Waals surface area (Å²) in [5, 5.41) is 11.9. The Morgan fingerprint density at radius 1 is 1.33 bits per heavy atom. The van der Waals surface area contributed by atoms with Gasteiger partial charge in [-0.3, -0.25) is 4.79 Å². The van der Waals surface area contributed by atoms with Crippen LogP contribution < -0.4 is 5.32 Å². The van der Waals surface area contributed by atoms with Crippen molar-refractivity contribution in [3.05, 3.63) is 35.4 Å². The van der Waals surface area contributed by atoms with E-state index in [-0.39, 0.29) is 5.91 Å². The molecule has 3 heteroatoms. The second kappa shape index (κ2) is 5.68. The van der Waals surface area contributed by atoms with E-state index in [1.807, 2.05) is 0 Å². The van der Waals surface area contributed by atoms with Gasteiger partial charge in [0.2, 0.25) is 0 Å². The van der Waals surface area contributed by atoms with Gasteiger partial charge >= 0.3 is 0 Å². The first-order valence-electron chi connectivity index (χ1n) is 6.50. The van der Waals surface area contributed by atoms with Crippen molar-refractivity contribution in [2.24, 2.45) is 5.92 Å². The molecule has 1 saturated carbocycles. The van der Waals surface area contributed by atoms with Gasteiger partial charge in [0.25, 0.3) is 5.91 Å². The van der Waals surface area contributed by atoms with Gasteiger partial charge < -0.3 is 5.32 Å². The third-order valence-electron chi connectivity index (χ3n) is 3.60. The Kier molecular flexibility index (Phi) is 3.99. The number of hydrogen-bond acceptors (Lipinski definition) is 2. The molecular formula is C15H18N2O. The number of nitriles is 1. The lowest BCUT2D eigenvalue weighted by Gasteiger charge is -2.26. The third-order valence-corrected chi connectivity index (χ3v) is 3.60. The molecule has 0 aliphatic heterocycles. The van der Waals surface area contributed by atoms with Gasteiger partial charge in [-0.05, 0) is 49.8 Å². The van der Waals surface area contributed by atoms with E-state index in [0.29, 0.717) is 17.2 Å². The van der Waals surface area contributed by atoms with Crippen LogP contribution in [0.4, 0.5) is 0 Å². The zero-order valence-corrected chi connectivity index (χ0v) is 10.6. The summed E-state index contributed by atoms with van der Waals surface area (Å²) in [5.74, 6) is 0.715. The van der Waals surface area contributed by atoms with Gasteiger partial charge in [0.05, 0.1) is 11.6 Å². The Balaban J connectivity index is 1.97. The minimum Gasteiger partial charge on any atom is -0.349 e. The molecule has 0 radical (unpaired) electrons. The first kappa shape index (κ1) is 12.6. The average Bonchev–Trinajstić information content (AvgIpc) is 2.41. The number of rotatable bonds is 2. The fourth-order valence-electron chi connectivity index (χ4n) is 2.40. The zero-order chi connectivity index (χ0) is 13.0. The minimum absolute atomic E-state index is 0.0633. The van der Waals surface area contributed by atoms with Crippen LogP contribution in [0.25, 0.3) is 0 Å². The van der Waals surface area contributed by atoms with Gasteiger partial charge in [0.1, 0.15) is 0 Å². The first-order chi connectivity index (χ1) is 8.69. The van der Waals surface area contributed by atoms with Gasteiger partial charge in [-0.1, -0.05) is 13.0 Å². The van der Waals surface area contributed by atoms with Gasteiger partial charge in [0, 0.05) is 11.6 Å². The maximum absolute atomic E-state index is 12.0. The van der Waals surface area contributed by atoms with Crippen LogP contribution in [0.1, 0.15) is 48.5 Å². The number of amides is 1. The monoisotopic (exact) mass is 242 g/mol. The van der Waals surface area contributed by atoms with Crippen molar-refractivity contribution in [2.45, 2.75) is 38.6 Å². The Bertz CT molecular complexity index is 468. The normalized spacial score (nSPS) is 23.1. The topological polar surface area (TPSA) is 52.9 Å². The molecule has 1 N–H and O–H groups in total. The van der Waals surface area contributed by atoms with E-state index in [0.717, 1.165) is 18.8 Å². The summed E-state index contributed by atoms with van der Waals surface area (Å²) in [6, 6.07) is 9.19. The molecule has 0 atom stereocenters. The van der Waals surface area contributed by atoms with Crippen molar-refractivity contribution in [3.63, 3.8) is 0 Å². The molecule has 1 amide bonds. The van der Waals surface area contributed by atoms with Gasteiger partial charge in [-0.25, -0.2) is 0 Å². The molecule has 1 aromatic rings. The average molecular weight is 242 g/mol. The molecule has 0 aromatic heterocycles. The second-order valence-corrected chi connectivity index (χ2v) is 5.12. The predicted molar refractivity (Wildman–Crippen MR) is 70.0 cm³/mol. The highest BCUT2D eigenvalue weighted by molar-refractivity contribution is 5.94. The van der Waals surface area contributed by atoms with Crippen molar-refractivity contribution in [1.29, 1.82) is 5.26 Å². The summed E-state index contributed by atoms with van der Waals surface area (Å²) in [5.41, 5.74) is 1.10. The lowest BCUT2D eigenvalue weighted by atomic mass is 9.87. The van der Waals surface area contributed by atoms with Crippen molar-refractivity contribution in [2.75, 3.05) is 0 Å². The van der Waals surface area contributed by atoms with E-state index < -0.39 is 0 Å². The SMILES string of the molecule is CC1CCC(NC(=O)c2cccc(C#N)c2)CC1. The molecule has 1 fully saturated rings. The summed E-state index contributed by atoms with van der Waals surface area (Å²) in [4.78, 5) is 12.0. The lowest BCUT2D eigenvalue weighted by Crippen LogP contribution is -2.37. The van der Waals surface area contributed by atoms with E-state index in [4.69, 9.17) is 5.26 Å². The highest BCUT2D eigenvalue weighted by atomic mass is 16.1. The predicted octanol–water partition coefficient (Wildman–Crippen LogP) is 2.87. The van der Waals surface area contributed by atoms with Gasteiger partial charge in [-0.15, -0.1) is 0 Å². The molecule has 0 spiro atoms. The number of carbonyl (C=O) groups is 1. The van der Waals surface area contributed by atoms with E-state index >= 15 is 0 Å². The minimum atomic E-state index is -0.0633. The van der Waals surface area contributed by atoms with Crippen LogP contribution in [-0.2, 0) is 0 Å². The number of nitrogens with one attached hydrogen (secondary N) is 1. The molecule has 0 bridgehead atoms. The fraction of sp³-hybridized carbons (Fsp3) is 0.467. The van der Waals surface area contributed by atoms with Crippen LogP contribution in [0.3, 0.4) is 0 Å². The van der Waals surface area contributed by atoms with E-state index in [2.05, 4.69) is 18.3 Å². The van der Waals surface area contributed by atoms with E-state index in [1.165, 1.54) is 12.8 Å². The quantitative estimate of drug-likeness (QED) is 0.867. The van der Waals surface area contributed by atoms with Gasteiger partial charge in [0.15, 0.2) is 0 Å². The number of hydrogen-bond donors (Lipinski definition) is 1. The molecule has 1 aliphatic rings. The molecule has 2 rings (SSSR count). The van der Waals surface area contributed by atoms with Crippen molar-refractivity contribution < 1.29 is 4.79 Å². The largest absolute Gasteiger partial charge is 0.349 e. The van der Waals surface area contributed by atoms with Crippen LogP contribution in [-0.4, -0.2) is 11.9 Å². The Labute approximate surface area is 108 Å². The smallest absolute Gasteiger partial charge is 0.251 e. The van der Waals surface area contributed by atoms with Crippen LogP contribution in [0, 0.1) is 17.2 Å². The summed E-state index contributed by atoms with van der Waals surface area (Å²) in [6.07, 6.45) is 4.49. The van der Waals surface area contributed by atoms with Crippen LogP contribution in [0.15, 0.2) is 24.3 Å². The Morgan fingerprint density at radius 2 is 2.06 bits per heavy atom. The molecule has 3 nitrogen and oxygen atoms in total. The summed E-state index contributed by atoms with van der Waals surface area (Å²) in [7, 11) is 0. The van der Waals surface area contributed by atoms with E-state index in [9.17, 15) is 4.79 Å². The fourth-order valence-corrected chi connectivity index (χ4v) is 2.40. The third kappa shape index (κ3) is 3.10. The van der Waals surface area contributed by atoms with Crippen LogP contribution in [0.5, 0.6) is 0 Å². The molecule has 0 heterocycles. The van der Waals surface area contributed by atoms with E-state index in [1.54, 1.807) is 24.3 Å². The molecule has 94 valence electrons. The van der Waals surface area contributed by atoms with Crippen molar-refractivity contribution in [3.8, 4) is 6.07 Å². The highest BCUT2D eigenvalue weighted by Crippen LogP contribution is 2.23. The maximum Gasteiger partial charge on any atom is 0.251 e. The molecule has 1 aromatic carbocycles. The summed E-state index contributed by atoms with van der Waals surface area (Å²) in [6.45, 7) is 2.26. The number of carbonyl (C=O) groups excluding carboxylic acids is 1. The zero-order valence-electron chi connectivity index (χ0n) is 10.6. The summed E-state index contributed by atoms with van der Waals surface area (Å²) < 4.78 is 0. The Morgan fingerprint density at radius 3 is 2.72 bits per heavy atom. The number of nitrogens with zero attached hydrogens (tertiary/aromatic N) is 1. The maximum atomic E-state index is 12.0. The van der Waals surface area contributed by atoms with Crippen LogP contribution in [0.2, 0.25) is 0 Å². The first-order valence-corrected chi connectivity index (χ1v) is 6.50. The molecule has 0 saturated heterocycles. The second-order valence-electron chi connectivity index (χ2n) is 5.12. The standard InChI is InChI=1S/C15H18N2O/c1-11-5-7-14(8-6-11)17-15(18)13-4-2-3-12(9-13)10-16/h2-4,9,11,14H,5-8H2,1H3,(H,17,18). The summed E-state index contributed by atoms with van der Waals surface area (Å²) >= 11 is 0. The van der Waals surface area contributed by atoms with Crippen LogP contribution >= 0.6 is 0 Å². The molecule has 0 unspecified atom stereocenters. The highest BCUT2D eigenvalue weighted by Gasteiger charge is 2.20. The molecule has 18 heavy (non-hydrogen) atoms. The van der Waals surface area contributed by atoms with Crippen molar-refractivity contribution >= 4 is 5.91 Å². The Hall–Kier alpha value is -1.82. The van der Waals surface area contributed by atoms with Gasteiger partial charge in [-0.2, -0.15) is 5.26 Å². The van der Waals surface area contributed by atoms with Crippen molar-refractivity contribution in [1.82, 2.24) is 5.32 Å². The molecular weight excluding hydrogens is 224 g/mol. The molecule has 1 aliphatic carbocycles. The number of benzene rings is 1. The lowest BCUT2D eigenvalue weighted by molar-refractivity contribution is 0.0923.